The molecule has 1 aromatic carbocycles. The van der Waals surface area contributed by atoms with Gasteiger partial charge in [-0.2, -0.15) is 5.10 Å². The average molecular weight is 298 g/mol. The summed E-state index contributed by atoms with van der Waals surface area (Å²) >= 11 is 0. The minimum Gasteiger partial charge on any atom is -0.399 e. The van der Waals surface area contributed by atoms with Gasteiger partial charge in [-0.3, -0.25) is 0 Å². The van der Waals surface area contributed by atoms with Crippen LogP contribution < -0.4 is 4.90 Å². The van der Waals surface area contributed by atoms with Crippen LogP contribution in [0.1, 0.15) is 30.5 Å². The van der Waals surface area contributed by atoms with Crippen molar-refractivity contribution in [3.8, 4) is 5.69 Å². The minimum atomic E-state index is 0.963. The molecule has 1 aliphatic rings. The molecule has 0 N–H and O–H groups in total. The van der Waals surface area contributed by atoms with Crippen LogP contribution in [0.3, 0.4) is 0 Å². The Morgan fingerprint density at radius 2 is 1.86 bits per heavy atom. The molecule has 2 aromatic rings. The number of nitrogens with zero attached hydrogens (tertiary/aromatic N) is 4. The van der Waals surface area contributed by atoms with Crippen LogP contribution in [0.5, 0.6) is 0 Å². The molecule has 0 unspecified atom stereocenters. The zero-order valence-corrected chi connectivity index (χ0v) is 13.2. The number of aryl methyl sites for hydroxylation is 1. The first-order valence-corrected chi connectivity index (χ1v) is 7.78. The van der Waals surface area contributed by atoms with Crippen molar-refractivity contribution in [3.05, 3.63) is 41.6 Å². The maximum atomic E-state index is 4.87. The van der Waals surface area contributed by atoms with E-state index < -0.39 is 0 Å². The van der Waals surface area contributed by atoms with Crippen LogP contribution in [0.2, 0.25) is 0 Å². The molecule has 0 saturated carbocycles. The molecule has 1 aliphatic heterocycles. The van der Waals surface area contributed by atoms with Gasteiger partial charge in [0.05, 0.1) is 23.2 Å². The average Bonchev–Trinajstić information content (AvgIpc) is 2.91. The van der Waals surface area contributed by atoms with E-state index in [4.69, 9.17) is 9.94 Å². The van der Waals surface area contributed by atoms with Gasteiger partial charge in [-0.15, -0.1) is 0 Å². The molecule has 5 heteroatoms. The molecule has 0 spiro atoms. The predicted octanol–water partition coefficient (Wildman–Crippen LogP) is 3.15. The van der Waals surface area contributed by atoms with E-state index in [1.54, 1.807) is 13.3 Å². The van der Waals surface area contributed by atoms with E-state index in [-0.39, 0.29) is 0 Å². The van der Waals surface area contributed by atoms with Gasteiger partial charge < -0.3 is 9.74 Å². The second-order valence-corrected chi connectivity index (χ2v) is 5.53. The van der Waals surface area contributed by atoms with Crippen LogP contribution >= 0.6 is 0 Å². The lowest BCUT2D eigenvalue weighted by Gasteiger charge is -2.29. The third-order valence-electron chi connectivity index (χ3n) is 4.02. The highest BCUT2D eigenvalue weighted by atomic mass is 16.6. The van der Waals surface area contributed by atoms with Crippen LogP contribution in [-0.4, -0.2) is 36.2 Å². The lowest BCUT2D eigenvalue weighted by atomic mass is 10.1. The Hall–Kier alpha value is -2.30. The molecule has 0 radical (unpaired) electrons. The quantitative estimate of drug-likeness (QED) is 0.643. The van der Waals surface area contributed by atoms with Gasteiger partial charge in [0, 0.05) is 13.1 Å². The molecule has 2 heterocycles. The number of anilines is 1. The molecule has 0 bridgehead atoms. The first-order chi connectivity index (χ1) is 10.8. The number of rotatable bonds is 4. The molecule has 5 nitrogen and oxygen atoms in total. The summed E-state index contributed by atoms with van der Waals surface area (Å²) in [4.78, 5) is 7.28. The molecular formula is C17H22N4O. The fourth-order valence-electron chi connectivity index (χ4n) is 2.94. The van der Waals surface area contributed by atoms with Crippen LogP contribution in [-0.2, 0) is 4.84 Å². The number of oxime groups is 1. The van der Waals surface area contributed by atoms with E-state index >= 15 is 0 Å². The maximum absolute atomic E-state index is 4.87. The zero-order valence-electron chi connectivity index (χ0n) is 13.2. The van der Waals surface area contributed by atoms with Crippen molar-refractivity contribution in [2.24, 2.45) is 5.16 Å². The summed E-state index contributed by atoms with van der Waals surface area (Å²) in [5.74, 6) is 1.12. The fraction of sp³-hybridized carbons (Fsp3) is 0.412. The standard InChI is InChI=1S/C17H22N4O/c1-14-16(13-18-22-2)17(20-11-7-4-8-12-20)21(19-14)15-9-5-3-6-10-15/h3,5-6,9-10,13H,4,7-8,11-12H2,1-2H3/b18-13+. The van der Waals surface area contributed by atoms with Gasteiger partial charge >= 0.3 is 0 Å². The van der Waals surface area contributed by atoms with E-state index in [1.165, 1.54) is 19.3 Å². The smallest absolute Gasteiger partial charge is 0.141 e. The maximum Gasteiger partial charge on any atom is 0.141 e. The normalized spacial score (nSPS) is 15.5. The molecule has 0 aliphatic carbocycles. The number of aromatic nitrogens is 2. The van der Waals surface area contributed by atoms with E-state index in [2.05, 4.69) is 22.2 Å². The Labute approximate surface area is 131 Å². The van der Waals surface area contributed by atoms with Crippen molar-refractivity contribution in [2.45, 2.75) is 26.2 Å². The highest BCUT2D eigenvalue weighted by Gasteiger charge is 2.22. The number of benzene rings is 1. The summed E-state index contributed by atoms with van der Waals surface area (Å²) < 4.78 is 2.03. The number of hydrogen-bond acceptors (Lipinski definition) is 4. The first kappa shape index (κ1) is 14.6. The Kier molecular flexibility index (Phi) is 4.42. The van der Waals surface area contributed by atoms with Crippen molar-refractivity contribution in [3.63, 3.8) is 0 Å². The third-order valence-corrected chi connectivity index (χ3v) is 4.02. The first-order valence-electron chi connectivity index (χ1n) is 7.78. The van der Waals surface area contributed by atoms with Gasteiger partial charge in [-0.25, -0.2) is 4.68 Å². The number of piperidine rings is 1. The van der Waals surface area contributed by atoms with Crippen molar-refractivity contribution in [1.29, 1.82) is 0 Å². The van der Waals surface area contributed by atoms with Gasteiger partial charge in [-0.05, 0) is 38.3 Å². The molecule has 22 heavy (non-hydrogen) atoms. The molecule has 1 fully saturated rings. The van der Waals surface area contributed by atoms with Gasteiger partial charge in [-0.1, -0.05) is 23.4 Å². The van der Waals surface area contributed by atoms with E-state index in [9.17, 15) is 0 Å². The molecule has 1 saturated heterocycles. The largest absolute Gasteiger partial charge is 0.399 e. The SMILES string of the molecule is CO/N=C/c1c(C)nn(-c2ccccc2)c1N1CCCCC1. The van der Waals surface area contributed by atoms with Crippen LogP contribution in [0.15, 0.2) is 35.5 Å². The van der Waals surface area contributed by atoms with Crippen LogP contribution in [0.25, 0.3) is 5.69 Å². The minimum absolute atomic E-state index is 0.963. The summed E-state index contributed by atoms with van der Waals surface area (Å²) in [6.07, 6.45) is 5.52. The lowest BCUT2D eigenvalue weighted by Crippen LogP contribution is -2.32. The van der Waals surface area contributed by atoms with Crippen LogP contribution in [0, 0.1) is 6.92 Å². The van der Waals surface area contributed by atoms with Gasteiger partial charge in [0.1, 0.15) is 12.9 Å². The third kappa shape index (κ3) is 2.84. The molecule has 116 valence electrons. The second-order valence-electron chi connectivity index (χ2n) is 5.53. The predicted molar refractivity (Wildman–Crippen MR) is 89.0 cm³/mol. The summed E-state index contributed by atoms with van der Waals surface area (Å²) in [6, 6.07) is 10.3. The Morgan fingerprint density at radius 3 is 2.55 bits per heavy atom. The van der Waals surface area contributed by atoms with E-state index in [0.29, 0.717) is 0 Å². The second kappa shape index (κ2) is 6.64. The van der Waals surface area contributed by atoms with Crippen molar-refractivity contribution >= 4 is 12.0 Å². The van der Waals surface area contributed by atoms with Gasteiger partial charge in [0.2, 0.25) is 0 Å². The molecular weight excluding hydrogens is 276 g/mol. The van der Waals surface area contributed by atoms with Crippen molar-refractivity contribution in [1.82, 2.24) is 9.78 Å². The van der Waals surface area contributed by atoms with Crippen molar-refractivity contribution in [2.75, 3.05) is 25.1 Å². The summed E-state index contributed by atoms with van der Waals surface area (Å²) in [7, 11) is 1.56. The summed E-state index contributed by atoms with van der Waals surface area (Å²) in [5, 5.41) is 8.70. The molecule has 0 atom stereocenters. The van der Waals surface area contributed by atoms with E-state index in [0.717, 1.165) is 35.9 Å². The Balaban J connectivity index is 2.10. The molecule has 3 rings (SSSR count). The Morgan fingerprint density at radius 1 is 1.14 bits per heavy atom. The number of hydrogen-bond donors (Lipinski definition) is 0. The lowest BCUT2D eigenvalue weighted by molar-refractivity contribution is 0.215. The highest BCUT2D eigenvalue weighted by molar-refractivity contribution is 5.88. The van der Waals surface area contributed by atoms with Gasteiger partial charge in [0.25, 0.3) is 0 Å². The Bertz CT molecular complexity index is 642. The summed E-state index contributed by atoms with van der Waals surface area (Å²) in [6.45, 7) is 4.14. The number of para-hydroxylation sites is 1. The topological polar surface area (TPSA) is 42.7 Å². The highest BCUT2D eigenvalue weighted by Crippen LogP contribution is 2.28. The van der Waals surface area contributed by atoms with Gasteiger partial charge in [0.15, 0.2) is 0 Å². The molecule has 1 aromatic heterocycles. The summed E-state index contributed by atoms with van der Waals surface area (Å²) in [5.41, 5.74) is 3.07. The van der Waals surface area contributed by atoms with E-state index in [1.807, 2.05) is 29.8 Å². The van der Waals surface area contributed by atoms with Crippen molar-refractivity contribution < 1.29 is 4.84 Å². The van der Waals surface area contributed by atoms with Crippen LogP contribution in [0.4, 0.5) is 5.82 Å². The molecule has 0 amide bonds. The fourth-order valence-corrected chi connectivity index (χ4v) is 2.94. The monoisotopic (exact) mass is 298 g/mol. The zero-order chi connectivity index (χ0) is 15.4.